The normalized spacial score (nSPS) is 17.3. The molecule has 1 N–H and O–H groups in total. The van der Waals surface area contributed by atoms with Crippen LogP contribution in [0.4, 0.5) is 10.5 Å². The summed E-state index contributed by atoms with van der Waals surface area (Å²) in [6, 6.07) is 5.16. The summed E-state index contributed by atoms with van der Waals surface area (Å²) in [6.45, 7) is 4.92. The molecule has 3 heterocycles. The summed E-state index contributed by atoms with van der Waals surface area (Å²) in [5.74, 6) is 1.15. The van der Waals surface area contributed by atoms with Crippen LogP contribution in [0.1, 0.15) is 37.3 Å². The lowest BCUT2D eigenvalue weighted by Crippen LogP contribution is -2.34. The maximum Gasteiger partial charge on any atom is 0.322 e. The minimum atomic E-state index is -0.185. The first-order chi connectivity index (χ1) is 11.2. The number of carbonyl (C=O) groups excluding carboxylic acids is 1. The van der Waals surface area contributed by atoms with Crippen LogP contribution < -0.4 is 10.1 Å². The molecule has 0 unspecified atom stereocenters. The molecule has 1 aliphatic rings. The Bertz CT molecular complexity index is 685. The van der Waals surface area contributed by atoms with Crippen molar-refractivity contribution in [2.24, 2.45) is 0 Å². The molecule has 0 aromatic carbocycles. The number of ether oxygens (including phenoxy) is 1. The largest absolute Gasteiger partial charge is 0.476 e. The molecule has 7 nitrogen and oxygen atoms in total. The monoisotopic (exact) mass is 316 g/mol. The number of amides is 2. The fourth-order valence-electron chi connectivity index (χ4n) is 2.77. The van der Waals surface area contributed by atoms with Gasteiger partial charge in [0.25, 0.3) is 0 Å². The predicted molar refractivity (Wildman–Crippen MR) is 84.3 cm³/mol. The van der Waals surface area contributed by atoms with Crippen molar-refractivity contribution in [1.82, 2.24) is 15.0 Å². The van der Waals surface area contributed by atoms with E-state index in [4.69, 9.17) is 9.26 Å². The molecule has 0 radical (unpaired) electrons. The molecule has 1 fully saturated rings. The smallest absolute Gasteiger partial charge is 0.322 e. The molecule has 23 heavy (non-hydrogen) atoms. The number of hydrogen-bond donors (Lipinski definition) is 1. The van der Waals surface area contributed by atoms with E-state index in [9.17, 15) is 4.79 Å². The highest BCUT2D eigenvalue weighted by atomic mass is 16.5. The lowest BCUT2D eigenvalue weighted by atomic mass is 10.1. The Hall–Kier alpha value is -2.57. The van der Waals surface area contributed by atoms with Crippen molar-refractivity contribution in [3.63, 3.8) is 0 Å². The third-order valence-electron chi connectivity index (χ3n) is 3.78. The van der Waals surface area contributed by atoms with Gasteiger partial charge in [0, 0.05) is 18.8 Å². The predicted octanol–water partition coefficient (Wildman–Crippen LogP) is 3.15. The number of nitrogens with one attached hydrogen (secondary N) is 1. The van der Waals surface area contributed by atoms with Gasteiger partial charge in [-0.25, -0.2) is 9.78 Å². The Kier molecular flexibility index (Phi) is 4.45. The van der Waals surface area contributed by atoms with Crippen molar-refractivity contribution < 1.29 is 14.1 Å². The van der Waals surface area contributed by atoms with Gasteiger partial charge in [0.2, 0.25) is 5.88 Å². The summed E-state index contributed by atoms with van der Waals surface area (Å²) >= 11 is 0. The molecule has 1 aliphatic heterocycles. The molecular weight excluding hydrogens is 296 g/mol. The Balaban J connectivity index is 1.75. The number of aryl methyl sites for hydroxylation is 1. The molecule has 2 aromatic heterocycles. The standard InChI is InChI=1S/C16H20N4O3/c1-3-22-15-12(6-4-8-17-15)18-16(21)20-9-5-7-13(20)14-10-11(2)19-23-14/h4,6,8,10,13H,3,5,7,9H2,1-2H3,(H,18,21)/t13-/m0/s1. The van der Waals surface area contributed by atoms with E-state index in [1.165, 1.54) is 0 Å². The molecule has 7 heteroatoms. The zero-order chi connectivity index (χ0) is 16.2. The zero-order valence-corrected chi connectivity index (χ0v) is 13.3. The molecule has 3 rings (SSSR count). The summed E-state index contributed by atoms with van der Waals surface area (Å²) in [6.07, 6.45) is 3.44. The Morgan fingerprint density at radius 2 is 2.43 bits per heavy atom. The summed E-state index contributed by atoms with van der Waals surface area (Å²) < 4.78 is 10.8. The summed E-state index contributed by atoms with van der Waals surface area (Å²) in [4.78, 5) is 18.5. The number of carbonyl (C=O) groups is 1. The molecule has 0 saturated carbocycles. The van der Waals surface area contributed by atoms with E-state index in [1.807, 2.05) is 19.9 Å². The highest BCUT2D eigenvalue weighted by Gasteiger charge is 2.33. The highest BCUT2D eigenvalue weighted by molar-refractivity contribution is 5.91. The number of nitrogens with zero attached hydrogens (tertiary/aromatic N) is 3. The average Bonchev–Trinajstić information content (AvgIpc) is 3.18. The zero-order valence-electron chi connectivity index (χ0n) is 13.3. The van der Waals surface area contributed by atoms with Gasteiger partial charge in [0.1, 0.15) is 5.69 Å². The van der Waals surface area contributed by atoms with E-state index in [1.54, 1.807) is 23.2 Å². The van der Waals surface area contributed by atoms with Crippen LogP contribution in [0.2, 0.25) is 0 Å². The van der Waals surface area contributed by atoms with Gasteiger partial charge in [-0.2, -0.15) is 0 Å². The fraction of sp³-hybridized carbons (Fsp3) is 0.438. The number of urea groups is 1. The van der Waals surface area contributed by atoms with Crippen LogP contribution in [0.25, 0.3) is 0 Å². The second-order valence-corrected chi connectivity index (χ2v) is 5.44. The van der Waals surface area contributed by atoms with Crippen molar-refractivity contribution in [3.8, 4) is 5.88 Å². The molecule has 0 spiro atoms. The minimum Gasteiger partial charge on any atom is -0.476 e. The van der Waals surface area contributed by atoms with E-state index in [0.29, 0.717) is 24.7 Å². The minimum absolute atomic E-state index is 0.0802. The van der Waals surface area contributed by atoms with Crippen molar-refractivity contribution in [3.05, 3.63) is 35.9 Å². The van der Waals surface area contributed by atoms with E-state index < -0.39 is 0 Å². The number of pyridine rings is 1. The number of rotatable bonds is 4. The van der Waals surface area contributed by atoms with Crippen LogP contribution >= 0.6 is 0 Å². The number of likely N-dealkylation sites (tertiary alicyclic amines) is 1. The van der Waals surface area contributed by atoms with Crippen molar-refractivity contribution in [1.29, 1.82) is 0 Å². The Morgan fingerprint density at radius 3 is 3.17 bits per heavy atom. The summed E-state index contributed by atoms with van der Waals surface area (Å²) in [5.41, 5.74) is 1.39. The Labute approximate surface area is 134 Å². The second-order valence-electron chi connectivity index (χ2n) is 5.44. The first kappa shape index (κ1) is 15.3. The van der Waals surface area contributed by atoms with Gasteiger partial charge in [-0.3, -0.25) is 0 Å². The lowest BCUT2D eigenvalue weighted by molar-refractivity contribution is 0.195. The van der Waals surface area contributed by atoms with Gasteiger partial charge in [0.05, 0.1) is 18.3 Å². The molecule has 122 valence electrons. The summed E-state index contributed by atoms with van der Waals surface area (Å²) in [7, 11) is 0. The molecule has 1 saturated heterocycles. The van der Waals surface area contributed by atoms with Gasteiger partial charge < -0.3 is 19.5 Å². The van der Waals surface area contributed by atoms with Gasteiger partial charge >= 0.3 is 6.03 Å². The number of anilines is 1. The first-order valence-electron chi connectivity index (χ1n) is 7.77. The van der Waals surface area contributed by atoms with E-state index >= 15 is 0 Å². The fourth-order valence-corrected chi connectivity index (χ4v) is 2.77. The highest BCUT2D eigenvalue weighted by Crippen LogP contribution is 2.33. The van der Waals surface area contributed by atoms with Crippen LogP contribution in [0.5, 0.6) is 5.88 Å². The summed E-state index contributed by atoms with van der Waals surface area (Å²) in [5, 5.41) is 6.80. The van der Waals surface area contributed by atoms with Crippen LogP contribution in [0.3, 0.4) is 0 Å². The van der Waals surface area contributed by atoms with Crippen LogP contribution in [-0.2, 0) is 0 Å². The average molecular weight is 316 g/mol. The van der Waals surface area contributed by atoms with Crippen LogP contribution in [0, 0.1) is 6.92 Å². The van der Waals surface area contributed by atoms with Gasteiger partial charge in [-0.15, -0.1) is 0 Å². The molecule has 0 bridgehead atoms. The molecule has 2 aromatic rings. The second kappa shape index (κ2) is 6.68. The molecule has 2 amide bonds. The van der Waals surface area contributed by atoms with Crippen molar-refractivity contribution >= 4 is 11.7 Å². The number of hydrogen-bond acceptors (Lipinski definition) is 5. The molecule has 0 aliphatic carbocycles. The van der Waals surface area contributed by atoms with Crippen molar-refractivity contribution in [2.45, 2.75) is 32.7 Å². The van der Waals surface area contributed by atoms with Crippen molar-refractivity contribution in [2.75, 3.05) is 18.5 Å². The topological polar surface area (TPSA) is 80.5 Å². The maximum absolute atomic E-state index is 12.6. The first-order valence-corrected chi connectivity index (χ1v) is 7.77. The third kappa shape index (κ3) is 3.28. The Morgan fingerprint density at radius 1 is 1.57 bits per heavy atom. The van der Waals surface area contributed by atoms with Gasteiger partial charge in [-0.1, -0.05) is 5.16 Å². The van der Waals surface area contributed by atoms with E-state index in [-0.39, 0.29) is 12.1 Å². The van der Waals surface area contributed by atoms with E-state index in [0.717, 1.165) is 24.3 Å². The molecule has 1 atom stereocenters. The number of aromatic nitrogens is 2. The molecular formula is C16H20N4O3. The third-order valence-corrected chi connectivity index (χ3v) is 3.78. The van der Waals surface area contributed by atoms with Gasteiger partial charge in [0.15, 0.2) is 5.76 Å². The SMILES string of the molecule is CCOc1ncccc1NC(=O)N1CCC[C@H]1c1cc(C)no1. The van der Waals surface area contributed by atoms with Crippen LogP contribution in [0.15, 0.2) is 28.9 Å². The maximum atomic E-state index is 12.6. The van der Waals surface area contributed by atoms with Crippen LogP contribution in [-0.4, -0.2) is 34.2 Å². The lowest BCUT2D eigenvalue weighted by Gasteiger charge is -2.23. The van der Waals surface area contributed by atoms with E-state index in [2.05, 4.69) is 15.5 Å². The quantitative estimate of drug-likeness (QED) is 0.937. The van der Waals surface area contributed by atoms with Gasteiger partial charge in [-0.05, 0) is 38.8 Å².